The highest BCUT2D eigenvalue weighted by molar-refractivity contribution is 5.85. The predicted octanol–water partition coefficient (Wildman–Crippen LogP) is 8.05. The fourth-order valence-corrected chi connectivity index (χ4v) is 5.86. The van der Waals surface area contributed by atoms with E-state index in [4.69, 9.17) is 28.4 Å². The number of nitrogens with one attached hydrogen (secondary N) is 4. The fourth-order valence-electron chi connectivity index (χ4n) is 5.86. The Balaban J connectivity index is 3.73. The van der Waals surface area contributed by atoms with Gasteiger partial charge in [-0.3, -0.25) is 14.4 Å². The van der Waals surface area contributed by atoms with Crippen LogP contribution >= 0.6 is 0 Å². The van der Waals surface area contributed by atoms with Gasteiger partial charge in [0.2, 0.25) is 11.8 Å². The Hall–Kier alpha value is -3.17. The molecule has 352 valence electrons. The number of alkyl carbamates (subject to hydrolysis) is 2. The molecule has 4 N–H and O–H groups in total. The molecule has 60 heavy (non-hydrogen) atoms. The monoisotopic (exact) mass is 859 g/mol. The molecule has 0 fully saturated rings. The Morgan fingerprint density at radius 3 is 1.28 bits per heavy atom. The summed E-state index contributed by atoms with van der Waals surface area (Å²) < 4.78 is 32.5. The second kappa shape index (κ2) is 34.4. The van der Waals surface area contributed by atoms with Crippen LogP contribution in [0.3, 0.4) is 0 Å². The van der Waals surface area contributed by atoms with Crippen LogP contribution in [0.4, 0.5) is 9.59 Å². The van der Waals surface area contributed by atoms with E-state index in [0.29, 0.717) is 58.8 Å². The molecule has 0 aliphatic heterocycles. The van der Waals surface area contributed by atoms with Crippen LogP contribution in [0.5, 0.6) is 0 Å². The van der Waals surface area contributed by atoms with E-state index in [1.165, 1.54) is 64.2 Å². The molecule has 0 radical (unpaired) electrons. The van der Waals surface area contributed by atoms with Crippen molar-refractivity contribution in [1.82, 2.24) is 21.3 Å². The maximum absolute atomic E-state index is 12.8. The maximum atomic E-state index is 12.8. The van der Waals surface area contributed by atoms with Crippen LogP contribution in [0.1, 0.15) is 178 Å². The van der Waals surface area contributed by atoms with Crippen LogP contribution in [0.25, 0.3) is 0 Å². The van der Waals surface area contributed by atoms with Gasteiger partial charge in [0.1, 0.15) is 22.8 Å². The molecule has 15 nitrogen and oxygen atoms in total. The minimum Gasteiger partial charge on any atom is -0.460 e. The van der Waals surface area contributed by atoms with Crippen molar-refractivity contribution in [2.75, 3.05) is 59.3 Å². The first-order chi connectivity index (χ1) is 28.3. The molecule has 0 unspecified atom stereocenters. The molecule has 1 atom stereocenters. The average Bonchev–Trinajstić information content (AvgIpc) is 3.12. The highest BCUT2D eigenvalue weighted by atomic mass is 16.6. The van der Waals surface area contributed by atoms with Crippen LogP contribution < -0.4 is 21.3 Å². The molecular formula is C45H86N4O11. The number of amides is 4. The Labute approximate surface area is 362 Å². The zero-order valence-electron chi connectivity index (χ0n) is 39.2. The molecule has 0 heterocycles. The molecule has 0 bridgehead atoms. The normalized spacial score (nSPS) is 12.3. The van der Waals surface area contributed by atoms with Crippen LogP contribution in [0.2, 0.25) is 0 Å². The minimum atomic E-state index is -0.859. The van der Waals surface area contributed by atoms with Gasteiger partial charge in [-0.1, -0.05) is 77.0 Å². The van der Waals surface area contributed by atoms with Crippen molar-refractivity contribution in [3.8, 4) is 0 Å². The zero-order valence-corrected chi connectivity index (χ0v) is 39.2. The summed E-state index contributed by atoms with van der Waals surface area (Å²) in [4.78, 5) is 60.9. The van der Waals surface area contributed by atoms with Gasteiger partial charge in [-0.25, -0.2) is 9.59 Å². The lowest BCUT2D eigenvalue weighted by molar-refractivity contribution is -0.155. The second-order valence-electron chi connectivity index (χ2n) is 18.3. The van der Waals surface area contributed by atoms with E-state index in [1.54, 1.807) is 41.5 Å². The highest BCUT2D eigenvalue weighted by Gasteiger charge is 2.24. The van der Waals surface area contributed by atoms with Gasteiger partial charge < -0.3 is 49.7 Å². The summed E-state index contributed by atoms with van der Waals surface area (Å²) in [6.45, 7) is 19.4. The molecule has 0 saturated carbocycles. The summed E-state index contributed by atoms with van der Waals surface area (Å²) in [6.07, 6.45) is 17.1. The van der Waals surface area contributed by atoms with Gasteiger partial charge >= 0.3 is 18.2 Å². The van der Waals surface area contributed by atoms with E-state index in [0.717, 1.165) is 25.7 Å². The first-order valence-electron chi connectivity index (χ1n) is 22.7. The topological polar surface area (TPSA) is 189 Å². The first kappa shape index (κ1) is 56.8. The Bertz CT molecular complexity index is 1150. The Morgan fingerprint density at radius 2 is 0.817 bits per heavy atom. The number of unbranched alkanes of at least 4 members (excludes halogenated alkanes) is 13. The summed E-state index contributed by atoms with van der Waals surface area (Å²) >= 11 is 0. The van der Waals surface area contributed by atoms with Crippen molar-refractivity contribution in [2.24, 2.45) is 0 Å². The smallest absolute Gasteiger partial charge is 0.408 e. The fraction of sp³-hybridized carbons (Fsp3) is 0.889. The quantitative estimate of drug-likeness (QED) is 0.0274. The van der Waals surface area contributed by atoms with E-state index < -0.39 is 35.0 Å². The summed E-state index contributed by atoms with van der Waals surface area (Å²) in [5.74, 6) is -0.406. The van der Waals surface area contributed by atoms with Crippen LogP contribution in [0.15, 0.2) is 0 Å². The molecule has 4 amide bonds. The lowest BCUT2D eigenvalue weighted by atomic mass is 10.0. The standard InChI is InChI=1S/C45H86N4O11/c1-43(2,3)58-39(51)27-23-21-19-17-15-13-11-10-12-14-16-18-20-22-26-38(50)46-29-31-55-33-35-57-36-34-56-32-30-47-40(52)37(49-42(54)60-45(7,8)9)25-24-28-48-41(53)59-44(4,5)6/h37H,10-36H2,1-9H3,(H,46,50)(H,47,52)(H,48,53)(H,49,54)/t37-/m0/s1. The van der Waals surface area contributed by atoms with E-state index >= 15 is 0 Å². The molecule has 0 aliphatic rings. The number of hydrogen-bond acceptors (Lipinski definition) is 11. The third kappa shape index (κ3) is 41.6. The van der Waals surface area contributed by atoms with Crippen molar-refractivity contribution in [3.05, 3.63) is 0 Å². The third-order valence-corrected chi connectivity index (χ3v) is 8.66. The van der Waals surface area contributed by atoms with Gasteiger partial charge in [0.05, 0.1) is 39.6 Å². The number of carbonyl (C=O) groups excluding carboxylic acids is 5. The Kier molecular flexibility index (Phi) is 32.6. The summed E-state index contributed by atoms with van der Waals surface area (Å²) in [7, 11) is 0. The van der Waals surface area contributed by atoms with Gasteiger partial charge in [-0.2, -0.15) is 0 Å². The first-order valence-corrected chi connectivity index (χ1v) is 22.7. The third-order valence-electron chi connectivity index (χ3n) is 8.66. The molecule has 15 heteroatoms. The maximum Gasteiger partial charge on any atom is 0.408 e. The number of carbonyl (C=O) groups is 5. The molecule has 0 rings (SSSR count). The van der Waals surface area contributed by atoms with Crippen LogP contribution in [0, 0.1) is 0 Å². The molecule has 0 aliphatic carbocycles. The van der Waals surface area contributed by atoms with E-state index in [9.17, 15) is 24.0 Å². The molecular weight excluding hydrogens is 773 g/mol. The lowest BCUT2D eigenvalue weighted by Gasteiger charge is -2.23. The SMILES string of the molecule is CC(C)(C)OC(=O)CCCCCCCCCCCCCCCCC(=O)NCCOCCOCCOCCNC(=O)[C@H](CCCNC(=O)OC(C)(C)C)NC(=O)OC(C)(C)C. The average molecular weight is 859 g/mol. The molecule has 0 aromatic heterocycles. The summed E-state index contributed by atoms with van der Waals surface area (Å²) in [6, 6.07) is -0.859. The molecule has 0 spiro atoms. The summed E-state index contributed by atoms with van der Waals surface area (Å²) in [5, 5.41) is 10.9. The number of rotatable bonds is 35. The van der Waals surface area contributed by atoms with Gasteiger partial charge in [-0.15, -0.1) is 0 Å². The predicted molar refractivity (Wildman–Crippen MR) is 235 cm³/mol. The number of hydrogen-bond donors (Lipinski definition) is 4. The minimum absolute atomic E-state index is 0.0636. The highest BCUT2D eigenvalue weighted by Crippen LogP contribution is 2.15. The van der Waals surface area contributed by atoms with Gasteiger partial charge in [0, 0.05) is 32.5 Å². The molecule has 0 aromatic rings. The second-order valence-corrected chi connectivity index (χ2v) is 18.3. The lowest BCUT2D eigenvalue weighted by Crippen LogP contribution is -2.49. The van der Waals surface area contributed by atoms with Crippen LogP contribution in [-0.2, 0) is 42.8 Å². The Morgan fingerprint density at radius 1 is 0.417 bits per heavy atom. The van der Waals surface area contributed by atoms with E-state index in [-0.39, 0.29) is 43.9 Å². The van der Waals surface area contributed by atoms with E-state index in [2.05, 4.69) is 21.3 Å². The largest absolute Gasteiger partial charge is 0.460 e. The zero-order chi connectivity index (χ0) is 45.1. The van der Waals surface area contributed by atoms with Gasteiger partial charge in [-0.05, 0) is 88.0 Å². The van der Waals surface area contributed by atoms with Gasteiger partial charge in [0.15, 0.2) is 0 Å². The van der Waals surface area contributed by atoms with Crippen molar-refractivity contribution in [2.45, 2.75) is 201 Å². The molecule has 0 aromatic carbocycles. The summed E-state index contributed by atoms with van der Waals surface area (Å²) in [5.41, 5.74) is -1.73. The number of esters is 1. The van der Waals surface area contributed by atoms with Gasteiger partial charge in [0.25, 0.3) is 0 Å². The number of ether oxygens (including phenoxy) is 6. The van der Waals surface area contributed by atoms with Crippen molar-refractivity contribution in [3.63, 3.8) is 0 Å². The van der Waals surface area contributed by atoms with Crippen molar-refractivity contribution < 1.29 is 52.4 Å². The van der Waals surface area contributed by atoms with E-state index in [1.807, 2.05) is 20.8 Å². The van der Waals surface area contributed by atoms with Crippen molar-refractivity contribution >= 4 is 30.0 Å². The van der Waals surface area contributed by atoms with Crippen LogP contribution in [-0.4, -0.2) is 112 Å². The molecule has 0 saturated heterocycles. The van der Waals surface area contributed by atoms with Crippen molar-refractivity contribution in [1.29, 1.82) is 0 Å².